The number of nitrogens with one attached hydrogen (secondary N) is 1. The molecule has 0 aliphatic rings. The molecule has 5 heteroatoms. The number of carbonyl (C=O) groups excluding carboxylic acids is 1. The molecule has 1 amide bonds. The summed E-state index contributed by atoms with van der Waals surface area (Å²) in [5.41, 5.74) is 3.21. The SMILES string of the molecule is O=C(Nc1ccc(Cl)cc1)ON=Cc1ccc(C#Cc2ccccc2)cc1. The second-order valence-corrected chi connectivity index (χ2v) is 5.92. The molecule has 3 rings (SSSR count). The molecule has 4 nitrogen and oxygen atoms in total. The molecule has 3 aromatic carbocycles. The van der Waals surface area contributed by atoms with Crippen molar-refractivity contribution in [2.45, 2.75) is 0 Å². The van der Waals surface area contributed by atoms with Gasteiger partial charge in [-0.05, 0) is 54.1 Å². The number of benzene rings is 3. The van der Waals surface area contributed by atoms with E-state index in [2.05, 4.69) is 22.3 Å². The first-order chi connectivity index (χ1) is 13.2. The normalized spacial score (nSPS) is 10.1. The molecule has 0 spiro atoms. The topological polar surface area (TPSA) is 50.7 Å². The molecule has 0 saturated carbocycles. The highest BCUT2D eigenvalue weighted by Gasteiger charge is 2.02. The van der Waals surface area contributed by atoms with Crippen LogP contribution in [0.15, 0.2) is 84.0 Å². The average Bonchev–Trinajstić information content (AvgIpc) is 2.70. The lowest BCUT2D eigenvalue weighted by molar-refractivity contribution is 0.167. The molecule has 0 bridgehead atoms. The van der Waals surface area contributed by atoms with E-state index in [1.165, 1.54) is 6.21 Å². The lowest BCUT2D eigenvalue weighted by atomic mass is 10.1. The summed E-state index contributed by atoms with van der Waals surface area (Å²) >= 11 is 5.79. The van der Waals surface area contributed by atoms with Gasteiger partial charge < -0.3 is 0 Å². The summed E-state index contributed by atoms with van der Waals surface area (Å²) < 4.78 is 0. The molecule has 0 aromatic heterocycles. The summed E-state index contributed by atoms with van der Waals surface area (Å²) in [6.07, 6.45) is 0.773. The van der Waals surface area contributed by atoms with Gasteiger partial charge in [-0.15, -0.1) is 0 Å². The van der Waals surface area contributed by atoms with E-state index in [0.29, 0.717) is 10.7 Å². The highest BCUT2D eigenvalue weighted by Crippen LogP contribution is 2.13. The molecule has 132 valence electrons. The number of hydrogen-bond donors (Lipinski definition) is 1. The Kier molecular flexibility index (Phi) is 6.24. The summed E-state index contributed by atoms with van der Waals surface area (Å²) in [5, 5.41) is 6.81. The number of amides is 1. The van der Waals surface area contributed by atoms with Crippen LogP contribution in [0.1, 0.15) is 16.7 Å². The smallest absolute Gasteiger partial charge is 0.298 e. The minimum atomic E-state index is -0.682. The minimum absolute atomic E-state index is 0.570. The Labute approximate surface area is 162 Å². The summed E-state index contributed by atoms with van der Waals surface area (Å²) in [6, 6.07) is 23.9. The Morgan fingerprint density at radius 2 is 1.52 bits per heavy atom. The number of oxime groups is 1. The molecule has 0 saturated heterocycles. The maximum atomic E-state index is 11.7. The molecule has 0 atom stereocenters. The van der Waals surface area contributed by atoms with Crippen LogP contribution in [0.5, 0.6) is 0 Å². The summed E-state index contributed by atoms with van der Waals surface area (Å²) in [5.74, 6) is 6.19. The zero-order valence-electron chi connectivity index (χ0n) is 14.2. The third-order valence-corrected chi connectivity index (χ3v) is 3.72. The fraction of sp³-hybridized carbons (Fsp3) is 0. The molecule has 27 heavy (non-hydrogen) atoms. The van der Waals surface area contributed by atoms with Gasteiger partial charge in [0.2, 0.25) is 0 Å². The fourth-order valence-electron chi connectivity index (χ4n) is 2.13. The van der Waals surface area contributed by atoms with Crippen molar-refractivity contribution in [2.75, 3.05) is 5.32 Å². The van der Waals surface area contributed by atoms with Gasteiger partial charge in [0.05, 0.1) is 6.21 Å². The van der Waals surface area contributed by atoms with Crippen LogP contribution in [0.2, 0.25) is 5.02 Å². The largest absolute Gasteiger partial charge is 0.437 e. The molecule has 0 aliphatic carbocycles. The zero-order valence-corrected chi connectivity index (χ0v) is 15.0. The number of anilines is 1. The number of nitrogens with zero attached hydrogens (tertiary/aromatic N) is 1. The van der Waals surface area contributed by atoms with Gasteiger partial charge in [-0.3, -0.25) is 10.2 Å². The van der Waals surface area contributed by atoms with Gasteiger partial charge in [0.15, 0.2) is 0 Å². The van der Waals surface area contributed by atoms with Gasteiger partial charge >= 0.3 is 6.09 Å². The van der Waals surface area contributed by atoms with Crippen molar-refractivity contribution in [3.8, 4) is 11.8 Å². The maximum Gasteiger partial charge on any atom is 0.437 e. The summed E-state index contributed by atoms with van der Waals surface area (Å²) in [7, 11) is 0. The van der Waals surface area contributed by atoms with Gasteiger partial charge in [-0.1, -0.05) is 58.9 Å². The molecule has 0 unspecified atom stereocenters. The molecule has 0 aliphatic heterocycles. The quantitative estimate of drug-likeness (QED) is 0.292. The molecule has 0 heterocycles. The van der Waals surface area contributed by atoms with Gasteiger partial charge in [0.25, 0.3) is 0 Å². The van der Waals surface area contributed by atoms with Gasteiger partial charge in [-0.25, -0.2) is 4.79 Å². The van der Waals surface area contributed by atoms with Gasteiger partial charge in [0.1, 0.15) is 0 Å². The summed E-state index contributed by atoms with van der Waals surface area (Å²) in [6.45, 7) is 0. The predicted octanol–water partition coefficient (Wildman–Crippen LogP) is 5.32. The maximum absolute atomic E-state index is 11.7. The van der Waals surface area contributed by atoms with E-state index < -0.39 is 6.09 Å². The van der Waals surface area contributed by atoms with Crippen molar-refractivity contribution in [1.82, 2.24) is 0 Å². The minimum Gasteiger partial charge on any atom is -0.298 e. The second-order valence-electron chi connectivity index (χ2n) is 5.48. The molecular formula is C22H15ClN2O2. The van der Waals surface area contributed by atoms with E-state index >= 15 is 0 Å². The zero-order chi connectivity index (χ0) is 18.9. The van der Waals surface area contributed by atoms with Crippen LogP contribution in [0.4, 0.5) is 10.5 Å². The third kappa shape index (κ3) is 6.03. The number of halogens is 1. The van der Waals surface area contributed by atoms with Crippen LogP contribution in [-0.2, 0) is 4.84 Å². The first kappa shape index (κ1) is 18.2. The Bertz CT molecular complexity index is 986. The van der Waals surface area contributed by atoms with Crippen LogP contribution >= 0.6 is 11.6 Å². The number of carbonyl (C=O) groups is 1. The van der Waals surface area contributed by atoms with Crippen molar-refractivity contribution < 1.29 is 9.63 Å². The first-order valence-corrected chi connectivity index (χ1v) is 8.51. The van der Waals surface area contributed by atoms with E-state index in [9.17, 15) is 4.79 Å². The van der Waals surface area contributed by atoms with Gasteiger partial charge in [-0.2, -0.15) is 0 Å². The highest BCUT2D eigenvalue weighted by atomic mass is 35.5. The highest BCUT2D eigenvalue weighted by molar-refractivity contribution is 6.30. The second kappa shape index (κ2) is 9.23. The monoisotopic (exact) mass is 374 g/mol. The van der Waals surface area contributed by atoms with E-state index in [4.69, 9.17) is 16.4 Å². The van der Waals surface area contributed by atoms with Crippen molar-refractivity contribution in [2.24, 2.45) is 5.16 Å². The number of hydrogen-bond acceptors (Lipinski definition) is 3. The predicted molar refractivity (Wildman–Crippen MR) is 108 cm³/mol. The average molecular weight is 375 g/mol. The van der Waals surface area contributed by atoms with Crippen LogP contribution in [0.3, 0.4) is 0 Å². The first-order valence-electron chi connectivity index (χ1n) is 8.13. The van der Waals surface area contributed by atoms with Crippen molar-refractivity contribution >= 4 is 29.6 Å². The van der Waals surface area contributed by atoms with Crippen LogP contribution in [0, 0.1) is 11.8 Å². The fourth-order valence-corrected chi connectivity index (χ4v) is 2.25. The molecular weight excluding hydrogens is 360 g/mol. The van der Waals surface area contributed by atoms with Crippen molar-refractivity contribution in [1.29, 1.82) is 0 Å². The Balaban J connectivity index is 1.52. The molecule has 0 radical (unpaired) electrons. The molecule has 0 fully saturated rings. The van der Waals surface area contributed by atoms with E-state index in [1.807, 2.05) is 54.6 Å². The lowest BCUT2D eigenvalue weighted by Crippen LogP contribution is -2.10. The lowest BCUT2D eigenvalue weighted by Gasteiger charge is -2.02. The van der Waals surface area contributed by atoms with Crippen LogP contribution in [-0.4, -0.2) is 12.3 Å². The van der Waals surface area contributed by atoms with E-state index in [1.54, 1.807) is 24.3 Å². The van der Waals surface area contributed by atoms with Gasteiger partial charge in [0, 0.05) is 21.8 Å². The number of rotatable bonds is 3. The van der Waals surface area contributed by atoms with E-state index in [-0.39, 0.29) is 0 Å². The van der Waals surface area contributed by atoms with Crippen molar-refractivity contribution in [3.05, 3.63) is 101 Å². The molecule has 3 aromatic rings. The third-order valence-electron chi connectivity index (χ3n) is 3.46. The summed E-state index contributed by atoms with van der Waals surface area (Å²) in [4.78, 5) is 16.4. The Morgan fingerprint density at radius 3 is 2.19 bits per heavy atom. The van der Waals surface area contributed by atoms with Crippen LogP contribution < -0.4 is 5.32 Å². The Hall–Kier alpha value is -3.55. The molecule has 1 N–H and O–H groups in total. The standard InChI is InChI=1S/C22H15ClN2O2/c23-20-12-14-21(15-13-20)25-22(26)27-24-16-19-10-8-18(9-11-19)7-6-17-4-2-1-3-5-17/h1-5,8-16H,(H,25,26). The Morgan fingerprint density at radius 1 is 0.889 bits per heavy atom. The van der Waals surface area contributed by atoms with Crippen LogP contribution in [0.25, 0.3) is 0 Å². The van der Waals surface area contributed by atoms with E-state index in [0.717, 1.165) is 16.7 Å². The van der Waals surface area contributed by atoms with Crippen molar-refractivity contribution in [3.63, 3.8) is 0 Å².